The van der Waals surface area contributed by atoms with Gasteiger partial charge in [-0.2, -0.15) is 0 Å². The number of hydrogen-bond donors (Lipinski definition) is 4. The molecule has 158 valence electrons. The van der Waals surface area contributed by atoms with Crippen LogP contribution in [0, 0.1) is 0 Å². The lowest BCUT2D eigenvalue weighted by Gasteiger charge is -2.32. The van der Waals surface area contributed by atoms with Crippen LogP contribution < -0.4 is 16.8 Å². The van der Waals surface area contributed by atoms with Crippen LogP contribution in [-0.4, -0.2) is 81.9 Å². The molecule has 2 rings (SSSR count). The predicted molar refractivity (Wildman–Crippen MR) is 101 cm³/mol. The number of hydrogen-bond acceptors (Lipinski definition) is 6. The zero-order valence-corrected chi connectivity index (χ0v) is 16.5. The van der Waals surface area contributed by atoms with Crippen LogP contribution in [0.1, 0.15) is 46.0 Å². The van der Waals surface area contributed by atoms with E-state index in [1.807, 2.05) is 0 Å². The van der Waals surface area contributed by atoms with Crippen LogP contribution in [0.3, 0.4) is 0 Å². The van der Waals surface area contributed by atoms with E-state index < -0.39 is 48.0 Å². The fraction of sp³-hybridized carbons (Fsp3) is 0.778. The summed E-state index contributed by atoms with van der Waals surface area (Å²) in [7, 11) is 0. The summed E-state index contributed by atoms with van der Waals surface area (Å²) >= 11 is 0. The summed E-state index contributed by atoms with van der Waals surface area (Å²) in [6.07, 6.45) is 1.63. The summed E-state index contributed by atoms with van der Waals surface area (Å²) in [5.41, 5.74) is 11.0. The van der Waals surface area contributed by atoms with Gasteiger partial charge >= 0.3 is 0 Å². The van der Waals surface area contributed by atoms with E-state index in [9.17, 15) is 24.3 Å². The highest BCUT2D eigenvalue weighted by molar-refractivity contribution is 5.95. The Morgan fingerprint density at radius 1 is 1.11 bits per heavy atom. The van der Waals surface area contributed by atoms with Gasteiger partial charge in [-0.3, -0.25) is 19.2 Å². The minimum atomic E-state index is -1.09. The van der Waals surface area contributed by atoms with E-state index in [0.717, 1.165) is 0 Å². The molecule has 0 aromatic rings. The fourth-order valence-electron chi connectivity index (χ4n) is 3.82. The smallest absolute Gasteiger partial charge is 0.246 e. The van der Waals surface area contributed by atoms with Crippen LogP contribution in [0.5, 0.6) is 0 Å². The van der Waals surface area contributed by atoms with Gasteiger partial charge in [-0.15, -0.1) is 0 Å². The number of carbonyl (C=O) groups is 4. The molecule has 10 heteroatoms. The molecule has 2 aliphatic rings. The first-order chi connectivity index (χ1) is 13.2. The predicted octanol–water partition coefficient (Wildman–Crippen LogP) is -1.94. The number of nitrogens with one attached hydrogen (secondary N) is 1. The zero-order valence-electron chi connectivity index (χ0n) is 16.5. The quantitative estimate of drug-likeness (QED) is 0.391. The fourth-order valence-corrected chi connectivity index (χ4v) is 3.82. The number of amides is 4. The Labute approximate surface area is 164 Å². The third kappa shape index (κ3) is 4.61. The van der Waals surface area contributed by atoms with Crippen molar-refractivity contribution in [3.05, 3.63) is 0 Å². The third-order valence-electron chi connectivity index (χ3n) is 5.53. The van der Waals surface area contributed by atoms with Gasteiger partial charge in [-0.25, -0.2) is 0 Å². The third-order valence-corrected chi connectivity index (χ3v) is 5.53. The molecule has 6 N–H and O–H groups in total. The van der Waals surface area contributed by atoms with Crippen LogP contribution in [0.15, 0.2) is 0 Å². The molecule has 0 bridgehead atoms. The normalized spacial score (nSPS) is 25.3. The Kier molecular flexibility index (Phi) is 7.36. The SMILES string of the molecule is CCC(NC(=O)C1CCCN1C(=O)C1CCCN1C(=O)C(N)C(C)O)C(N)=O. The topological polar surface area (TPSA) is 159 Å². The lowest BCUT2D eigenvalue weighted by molar-refractivity contribution is -0.148. The number of carbonyl (C=O) groups excluding carboxylic acids is 4. The highest BCUT2D eigenvalue weighted by Gasteiger charge is 2.43. The minimum absolute atomic E-state index is 0.298. The first kappa shape index (κ1) is 22.1. The van der Waals surface area contributed by atoms with Gasteiger partial charge in [0, 0.05) is 13.1 Å². The molecule has 5 atom stereocenters. The number of nitrogens with zero attached hydrogens (tertiary/aromatic N) is 2. The van der Waals surface area contributed by atoms with Crippen LogP contribution in [0.25, 0.3) is 0 Å². The lowest BCUT2D eigenvalue weighted by atomic mass is 10.1. The average Bonchev–Trinajstić information content (AvgIpc) is 3.32. The van der Waals surface area contributed by atoms with E-state index in [0.29, 0.717) is 45.2 Å². The van der Waals surface area contributed by atoms with Gasteiger partial charge in [0.1, 0.15) is 24.2 Å². The number of aliphatic hydroxyl groups excluding tert-OH is 1. The largest absolute Gasteiger partial charge is 0.391 e. The Morgan fingerprint density at radius 2 is 1.68 bits per heavy atom. The van der Waals surface area contributed by atoms with Gasteiger partial charge < -0.3 is 31.7 Å². The molecule has 2 heterocycles. The number of aliphatic hydroxyl groups is 1. The summed E-state index contributed by atoms with van der Waals surface area (Å²) in [4.78, 5) is 52.5. The lowest BCUT2D eigenvalue weighted by Crippen LogP contribution is -2.57. The Morgan fingerprint density at radius 3 is 2.21 bits per heavy atom. The maximum absolute atomic E-state index is 13.1. The molecule has 2 aliphatic heterocycles. The molecule has 0 aromatic heterocycles. The maximum atomic E-state index is 13.1. The highest BCUT2D eigenvalue weighted by atomic mass is 16.3. The van der Waals surface area contributed by atoms with Crippen molar-refractivity contribution in [2.45, 2.75) is 76.2 Å². The van der Waals surface area contributed by atoms with Crippen molar-refractivity contribution in [3.8, 4) is 0 Å². The highest BCUT2D eigenvalue weighted by Crippen LogP contribution is 2.25. The van der Waals surface area contributed by atoms with E-state index >= 15 is 0 Å². The molecular weight excluding hydrogens is 366 g/mol. The van der Waals surface area contributed by atoms with Crippen molar-refractivity contribution in [1.29, 1.82) is 0 Å². The standard InChI is InChI=1S/C18H31N5O5/c1-3-11(15(20)25)21-16(26)12-6-4-8-22(12)17(27)13-7-5-9-23(13)18(28)14(19)10(2)24/h10-14,24H,3-9,19H2,1-2H3,(H2,20,25)(H,21,26). The molecular formula is C18H31N5O5. The summed E-state index contributed by atoms with van der Waals surface area (Å²) in [5, 5.41) is 12.2. The molecule has 0 radical (unpaired) electrons. The van der Waals surface area contributed by atoms with Gasteiger partial charge in [0.25, 0.3) is 0 Å². The van der Waals surface area contributed by atoms with E-state index in [2.05, 4.69) is 5.32 Å². The summed E-state index contributed by atoms with van der Waals surface area (Å²) in [6.45, 7) is 3.96. The molecule has 4 amide bonds. The van der Waals surface area contributed by atoms with E-state index in [1.165, 1.54) is 16.7 Å². The van der Waals surface area contributed by atoms with Gasteiger partial charge in [0.2, 0.25) is 23.6 Å². The Balaban J connectivity index is 2.10. The summed E-state index contributed by atoms with van der Waals surface area (Å²) < 4.78 is 0. The van der Waals surface area contributed by atoms with Crippen LogP contribution in [0.4, 0.5) is 0 Å². The second kappa shape index (κ2) is 9.33. The van der Waals surface area contributed by atoms with Crippen LogP contribution in [0.2, 0.25) is 0 Å². The van der Waals surface area contributed by atoms with Crippen molar-refractivity contribution in [2.75, 3.05) is 13.1 Å². The summed E-state index contributed by atoms with van der Waals surface area (Å²) in [5.74, 6) is -1.79. The van der Waals surface area contributed by atoms with Crippen LogP contribution >= 0.6 is 0 Å². The molecule has 0 saturated carbocycles. The molecule has 28 heavy (non-hydrogen) atoms. The summed E-state index contributed by atoms with van der Waals surface area (Å²) in [6, 6.07) is -3.25. The molecule has 0 aromatic carbocycles. The second-order valence-electron chi connectivity index (χ2n) is 7.52. The van der Waals surface area contributed by atoms with Gasteiger partial charge in [-0.1, -0.05) is 6.92 Å². The van der Waals surface area contributed by atoms with Crippen molar-refractivity contribution < 1.29 is 24.3 Å². The average molecular weight is 397 g/mol. The van der Waals surface area contributed by atoms with Crippen LogP contribution in [-0.2, 0) is 19.2 Å². The van der Waals surface area contributed by atoms with E-state index in [-0.39, 0.29) is 5.91 Å². The zero-order chi connectivity index (χ0) is 21.0. The Bertz CT molecular complexity index is 625. The van der Waals surface area contributed by atoms with Crippen molar-refractivity contribution >= 4 is 23.6 Å². The van der Waals surface area contributed by atoms with Crippen molar-refractivity contribution in [1.82, 2.24) is 15.1 Å². The van der Waals surface area contributed by atoms with Crippen molar-refractivity contribution in [2.24, 2.45) is 11.5 Å². The van der Waals surface area contributed by atoms with Gasteiger partial charge in [-0.05, 0) is 39.0 Å². The van der Waals surface area contributed by atoms with Crippen molar-refractivity contribution in [3.63, 3.8) is 0 Å². The van der Waals surface area contributed by atoms with E-state index in [4.69, 9.17) is 11.5 Å². The number of likely N-dealkylation sites (tertiary alicyclic amines) is 2. The van der Waals surface area contributed by atoms with Gasteiger partial charge in [0.15, 0.2) is 0 Å². The second-order valence-corrected chi connectivity index (χ2v) is 7.52. The van der Waals surface area contributed by atoms with Gasteiger partial charge in [0.05, 0.1) is 6.10 Å². The number of rotatable bonds is 7. The first-order valence-electron chi connectivity index (χ1n) is 9.83. The molecule has 0 spiro atoms. The molecule has 2 fully saturated rings. The first-order valence-corrected chi connectivity index (χ1v) is 9.83. The Hall–Kier alpha value is -2.20. The minimum Gasteiger partial charge on any atom is -0.391 e. The molecule has 0 aliphatic carbocycles. The number of nitrogens with two attached hydrogens (primary N) is 2. The number of primary amides is 1. The molecule has 5 unspecified atom stereocenters. The molecule has 10 nitrogen and oxygen atoms in total. The van der Waals surface area contributed by atoms with E-state index in [1.54, 1.807) is 6.92 Å². The molecule has 2 saturated heterocycles. The monoisotopic (exact) mass is 397 g/mol. The maximum Gasteiger partial charge on any atom is 0.246 e.